The lowest BCUT2D eigenvalue weighted by Crippen LogP contribution is -2.53. The lowest BCUT2D eigenvalue weighted by atomic mass is 10.1. The average molecular weight is 507 g/mol. The van der Waals surface area contributed by atoms with Gasteiger partial charge in [0.25, 0.3) is 17.4 Å². The van der Waals surface area contributed by atoms with Gasteiger partial charge in [-0.15, -0.1) is 0 Å². The van der Waals surface area contributed by atoms with Crippen molar-refractivity contribution in [3.63, 3.8) is 0 Å². The first-order valence-corrected chi connectivity index (χ1v) is 13.2. The Bertz CT molecular complexity index is 1320. The number of nitrogens with zero attached hydrogens (tertiary/aromatic N) is 3. The van der Waals surface area contributed by atoms with E-state index in [1.165, 1.54) is 22.0 Å². The predicted octanol–water partition coefficient (Wildman–Crippen LogP) is 1.62. The second kappa shape index (κ2) is 8.83. The zero-order chi connectivity index (χ0) is 24.8. The number of hydrogen-bond donors (Lipinski definition) is 1. The maximum atomic E-state index is 13.3. The molecule has 4 rings (SSSR count). The van der Waals surface area contributed by atoms with Crippen LogP contribution in [0.1, 0.15) is 44.8 Å². The quantitative estimate of drug-likeness (QED) is 0.613. The first kappa shape index (κ1) is 24.4. The maximum Gasteiger partial charge on any atom is 0.270 e. The van der Waals surface area contributed by atoms with Crippen LogP contribution in [-0.4, -0.2) is 65.9 Å². The molecule has 2 aliphatic rings. The number of benzene rings is 1. The van der Waals surface area contributed by atoms with Crippen molar-refractivity contribution < 1.29 is 18.0 Å². The first-order valence-electron chi connectivity index (χ1n) is 10.9. The van der Waals surface area contributed by atoms with Crippen molar-refractivity contribution in [1.82, 2.24) is 19.1 Å². The number of carbonyl (C=O) groups excluding carboxylic acids is 2. The number of halogens is 1. The van der Waals surface area contributed by atoms with Crippen LogP contribution in [-0.2, 0) is 23.1 Å². The number of carbonyl (C=O) groups is 2. The number of fused-ring (bicyclic) bond motifs is 1. The van der Waals surface area contributed by atoms with E-state index in [2.05, 4.69) is 5.32 Å². The van der Waals surface area contributed by atoms with Crippen LogP contribution in [0.3, 0.4) is 0 Å². The van der Waals surface area contributed by atoms with E-state index in [1.807, 2.05) is 0 Å². The van der Waals surface area contributed by atoms with Gasteiger partial charge >= 0.3 is 0 Å². The highest BCUT2D eigenvalue weighted by Gasteiger charge is 2.52. The van der Waals surface area contributed by atoms with Crippen LogP contribution in [0.5, 0.6) is 0 Å². The van der Waals surface area contributed by atoms with E-state index in [-0.39, 0.29) is 43.3 Å². The summed E-state index contributed by atoms with van der Waals surface area (Å²) in [6.45, 7) is 2.70. The minimum Gasteiger partial charge on any atom is -0.348 e. The van der Waals surface area contributed by atoms with E-state index in [1.54, 1.807) is 36.1 Å². The van der Waals surface area contributed by atoms with Crippen LogP contribution < -0.4 is 10.9 Å². The standard InChI is InChI=1S/C23H27ClN4O5S/c1-15-12-18(20(29)25-13-16-4-6-17(24)7-5-16)21(30)28-11-10-27(22(31)19(15)28)14-23(8-9-23)26(2)34(3,32)33/h4-7,12H,8-11,13-14H2,1-3H3,(H,25,29). The highest BCUT2D eigenvalue weighted by molar-refractivity contribution is 7.88. The fourth-order valence-electron chi connectivity index (χ4n) is 4.39. The molecule has 1 fully saturated rings. The molecular formula is C23H27ClN4O5S. The number of rotatable bonds is 7. The van der Waals surface area contributed by atoms with Crippen molar-refractivity contribution in [2.75, 3.05) is 26.4 Å². The van der Waals surface area contributed by atoms with Crippen LogP contribution in [0.25, 0.3) is 0 Å². The summed E-state index contributed by atoms with van der Waals surface area (Å²) in [4.78, 5) is 40.7. The third-order valence-corrected chi connectivity index (χ3v) is 8.29. The second-order valence-electron chi connectivity index (χ2n) is 9.04. The van der Waals surface area contributed by atoms with E-state index < -0.39 is 27.0 Å². The Hall–Kier alpha value is -2.69. The number of nitrogens with one attached hydrogen (secondary N) is 1. The van der Waals surface area contributed by atoms with Crippen molar-refractivity contribution in [2.45, 2.75) is 38.4 Å². The summed E-state index contributed by atoms with van der Waals surface area (Å²) < 4.78 is 26.8. The normalized spacial score (nSPS) is 17.0. The first-order chi connectivity index (χ1) is 15.9. The Morgan fingerprint density at radius 1 is 1.18 bits per heavy atom. The average Bonchev–Trinajstić information content (AvgIpc) is 3.56. The van der Waals surface area contributed by atoms with E-state index in [9.17, 15) is 22.8 Å². The Morgan fingerprint density at radius 2 is 1.82 bits per heavy atom. The second-order valence-corrected chi connectivity index (χ2v) is 11.5. The van der Waals surface area contributed by atoms with Gasteiger partial charge in [0, 0.05) is 38.2 Å². The van der Waals surface area contributed by atoms with E-state index in [4.69, 9.17) is 11.6 Å². The summed E-state index contributed by atoms with van der Waals surface area (Å²) in [5, 5.41) is 3.33. The molecule has 2 heterocycles. The third-order valence-electron chi connectivity index (χ3n) is 6.65. The Labute approximate surface area is 203 Å². The van der Waals surface area contributed by atoms with Crippen molar-refractivity contribution in [2.24, 2.45) is 0 Å². The van der Waals surface area contributed by atoms with Gasteiger partial charge in [0.2, 0.25) is 10.0 Å². The Morgan fingerprint density at radius 3 is 2.41 bits per heavy atom. The Kier molecular flexibility index (Phi) is 6.34. The molecule has 182 valence electrons. The highest BCUT2D eigenvalue weighted by atomic mass is 35.5. The van der Waals surface area contributed by atoms with Gasteiger partial charge in [0.05, 0.1) is 11.8 Å². The third kappa shape index (κ3) is 4.62. The number of aryl methyl sites for hydroxylation is 1. The molecule has 0 bridgehead atoms. The molecule has 0 spiro atoms. The molecule has 1 aromatic heterocycles. The monoisotopic (exact) mass is 506 g/mol. The molecule has 1 saturated carbocycles. The van der Waals surface area contributed by atoms with Crippen LogP contribution >= 0.6 is 11.6 Å². The van der Waals surface area contributed by atoms with Gasteiger partial charge in [-0.05, 0) is 49.1 Å². The minimum absolute atomic E-state index is 0.0214. The van der Waals surface area contributed by atoms with Crippen molar-refractivity contribution in [1.29, 1.82) is 0 Å². The van der Waals surface area contributed by atoms with E-state index in [0.29, 0.717) is 23.4 Å². The summed E-state index contributed by atoms with van der Waals surface area (Å²) >= 11 is 5.88. The molecule has 2 aromatic rings. The summed E-state index contributed by atoms with van der Waals surface area (Å²) in [6.07, 6.45) is 2.52. The molecule has 9 nitrogen and oxygen atoms in total. The van der Waals surface area contributed by atoms with Gasteiger partial charge in [-0.2, -0.15) is 4.31 Å². The van der Waals surface area contributed by atoms with Crippen molar-refractivity contribution in [3.8, 4) is 0 Å². The zero-order valence-corrected chi connectivity index (χ0v) is 20.9. The van der Waals surface area contributed by atoms with Gasteiger partial charge in [0.1, 0.15) is 11.3 Å². The fraction of sp³-hybridized carbons (Fsp3) is 0.435. The van der Waals surface area contributed by atoms with Gasteiger partial charge in [0.15, 0.2) is 0 Å². The van der Waals surface area contributed by atoms with Gasteiger partial charge in [-0.1, -0.05) is 23.7 Å². The maximum absolute atomic E-state index is 13.3. The zero-order valence-electron chi connectivity index (χ0n) is 19.3. The van der Waals surface area contributed by atoms with Gasteiger partial charge in [-0.3, -0.25) is 14.4 Å². The molecule has 1 aliphatic heterocycles. The SMILES string of the molecule is Cc1cc(C(=O)NCc2ccc(Cl)cc2)c(=O)n2c1C(=O)N(CC1(N(C)S(C)(=O)=O)CC1)CC2. The lowest BCUT2D eigenvalue weighted by Gasteiger charge is -2.36. The topological polar surface area (TPSA) is 109 Å². The molecule has 1 aromatic carbocycles. The van der Waals surface area contributed by atoms with Gasteiger partial charge < -0.3 is 14.8 Å². The smallest absolute Gasteiger partial charge is 0.270 e. The van der Waals surface area contributed by atoms with Crippen LogP contribution in [0.2, 0.25) is 5.02 Å². The summed E-state index contributed by atoms with van der Waals surface area (Å²) in [7, 11) is -1.86. The lowest BCUT2D eigenvalue weighted by molar-refractivity contribution is 0.0650. The van der Waals surface area contributed by atoms with Crippen molar-refractivity contribution >= 4 is 33.4 Å². The number of pyridine rings is 1. The minimum atomic E-state index is -3.40. The van der Waals surface area contributed by atoms with Gasteiger partial charge in [-0.25, -0.2) is 8.42 Å². The van der Waals surface area contributed by atoms with Crippen molar-refractivity contribution in [3.05, 3.63) is 68.1 Å². The largest absolute Gasteiger partial charge is 0.348 e. The molecule has 0 radical (unpaired) electrons. The number of amides is 2. The summed E-state index contributed by atoms with van der Waals surface area (Å²) in [5.74, 6) is -0.845. The summed E-state index contributed by atoms with van der Waals surface area (Å²) in [6, 6.07) is 8.46. The summed E-state index contributed by atoms with van der Waals surface area (Å²) in [5.41, 5.74) is 0.465. The van der Waals surface area contributed by atoms with E-state index in [0.717, 1.165) is 11.8 Å². The number of aromatic nitrogens is 1. The highest BCUT2D eigenvalue weighted by Crippen LogP contribution is 2.43. The van der Waals surface area contributed by atoms with Crippen LogP contribution in [0, 0.1) is 6.92 Å². The molecule has 11 heteroatoms. The molecule has 1 N–H and O–H groups in total. The Balaban J connectivity index is 1.54. The molecule has 2 amide bonds. The molecule has 34 heavy (non-hydrogen) atoms. The van der Waals surface area contributed by atoms with E-state index >= 15 is 0 Å². The predicted molar refractivity (Wildman–Crippen MR) is 129 cm³/mol. The molecule has 0 atom stereocenters. The number of hydrogen-bond acceptors (Lipinski definition) is 5. The number of likely N-dealkylation sites (N-methyl/N-ethyl adjacent to an activating group) is 1. The molecule has 0 unspecified atom stereocenters. The fourth-order valence-corrected chi connectivity index (χ4v) is 5.46. The van der Waals surface area contributed by atoms with Crippen LogP contribution in [0.15, 0.2) is 35.1 Å². The molecule has 1 aliphatic carbocycles. The molecule has 0 saturated heterocycles. The molecular weight excluding hydrogens is 480 g/mol. The van der Waals surface area contributed by atoms with Crippen LogP contribution in [0.4, 0.5) is 0 Å². The number of sulfonamides is 1.